The Balaban J connectivity index is 1.61. The highest BCUT2D eigenvalue weighted by Gasteiger charge is 1.98. The molecular formula is C10H15N5O. The van der Waals surface area contributed by atoms with Crippen LogP contribution in [0.3, 0.4) is 0 Å². The third-order valence-electron chi connectivity index (χ3n) is 2.38. The average Bonchev–Trinajstić information content (AvgIpc) is 2.90. The number of hydrogen-bond acceptors (Lipinski definition) is 5. The fourth-order valence-corrected chi connectivity index (χ4v) is 1.47. The minimum atomic E-state index is 0.673. The summed E-state index contributed by atoms with van der Waals surface area (Å²) in [5, 5.41) is 6.86. The molecule has 0 aromatic carbocycles. The van der Waals surface area contributed by atoms with Gasteiger partial charge in [0.25, 0.3) is 0 Å². The van der Waals surface area contributed by atoms with Crippen LogP contribution >= 0.6 is 0 Å². The van der Waals surface area contributed by atoms with Gasteiger partial charge in [-0.2, -0.15) is 4.98 Å². The Hall–Kier alpha value is -1.69. The lowest BCUT2D eigenvalue weighted by Crippen LogP contribution is -2.22. The summed E-state index contributed by atoms with van der Waals surface area (Å²) in [5.74, 6) is 1.71. The zero-order valence-electron chi connectivity index (χ0n) is 9.26. The maximum Gasteiger partial charge on any atom is 0.227 e. The van der Waals surface area contributed by atoms with Gasteiger partial charge >= 0.3 is 0 Å². The predicted octanol–water partition coefficient (Wildman–Crippen LogP) is 0.407. The molecule has 2 aromatic heterocycles. The zero-order chi connectivity index (χ0) is 11.2. The van der Waals surface area contributed by atoms with Gasteiger partial charge in [0, 0.05) is 38.4 Å². The second kappa shape index (κ2) is 5.41. The topological polar surface area (TPSA) is 68.8 Å². The highest BCUT2D eigenvalue weighted by Crippen LogP contribution is 1.94. The van der Waals surface area contributed by atoms with E-state index in [0.29, 0.717) is 5.89 Å². The van der Waals surface area contributed by atoms with E-state index < -0.39 is 0 Å². The molecule has 0 aliphatic carbocycles. The molecule has 0 amide bonds. The largest absolute Gasteiger partial charge is 0.340 e. The molecule has 16 heavy (non-hydrogen) atoms. The molecule has 0 saturated heterocycles. The molecule has 0 atom stereocenters. The number of nitrogens with one attached hydrogen (secondary N) is 1. The standard InChI is InChI=1S/C10H15N5O/c1-9-12-5-7-15(9)6-4-11-3-2-10-13-8-14-16-10/h5,7-8,11H,2-4,6H2,1H3. The van der Waals surface area contributed by atoms with Crippen molar-refractivity contribution in [2.75, 3.05) is 13.1 Å². The summed E-state index contributed by atoms with van der Waals surface area (Å²) in [4.78, 5) is 8.10. The van der Waals surface area contributed by atoms with Crippen LogP contribution in [0.1, 0.15) is 11.7 Å². The maximum atomic E-state index is 4.89. The Bertz CT molecular complexity index is 409. The lowest BCUT2D eigenvalue weighted by molar-refractivity contribution is 0.374. The van der Waals surface area contributed by atoms with Crippen LogP contribution in [0.4, 0.5) is 0 Å². The molecule has 0 aliphatic heterocycles. The first-order valence-electron chi connectivity index (χ1n) is 5.30. The molecule has 86 valence electrons. The van der Waals surface area contributed by atoms with Crippen molar-refractivity contribution in [3.63, 3.8) is 0 Å². The van der Waals surface area contributed by atoms with Gasteiger partial charge in [0.2, 0.25) is 5.89 Å². The third-order valence-corrected chi connectivity index (χ3v) is 2.38. The number of rotatable bonds is 6. The van der Waals surface area contributed by atoms with Gasteiger partial charge in [0.05, 0.1) is 0 Å². The molecule has 0 saturated carbocycles. The van der Waals surface area contributed by atoms with E-state index in [4.69, 9.17) is 4.52 Å². The molecule has 0 radical (unpaired) electrons. The Morgan fingerprint density at radius 2 is 2.31 bits per heavy atom. The van der Waals surface area contributed by atoms with Crippen LogP contribution in [-0.4, -0.2) is 32.8 Å². The van der Waals surface area contributed by atoms with E-state index in [9.17, 15) is 0 Å². The number of hydrogen-bond donors (Lipinski definition) is 1. The van der Waals surface area contributed by atoms with Gasteiger partial charge in [0.15, 0.2) is 6.33 Å². The van der Waals surface area contributed by atoms with Gasteiger partial charge < -0.3 is 14.4 Å². The third kappa shape index (κ3) is 2.90. The molecule has 0 bridgehead atoms. The van der Waals surface area contributed by atoms with Gasteiger partial charge in [0.1, 0.15) is 5.82 Å². The number of nitrogens with zero attached hydrogens (tertiary/aromatic N) is 4. The SMILES string of the molecule is Cc1nccn1CCNCCc1ncno1. The summed E-state index contributed by atoms with van der Waals surface area (Å²) in [5.41, 5.74) is 0. The second-order valence-corrected chi connectivity index (χ2v) is 3.50. The first-order chi connectivity index (χ1) is 7.86. The molecule has 0 fully saturated rings. The molecule has 2 rings (SSSR count). The van der Waals surface area contributed by atoms with Crippen molar-refractivity contribution in [3.8, 4) is 0 Å². The summed E-state index contributed by atoms with van der Waals surface area (Å²) in [6, 6.07) is 0. The summed E-state index contributed by atoms with van der Waals surface area (Å²) < 4.78 is 7.00. The Kier molecular flexibility index (Phi) is 3.66. The first-order valence-corrected chi connectivity index (χ1v) is 5.30. The molecule has 2 heterocycles. The van der Waals surface area contributed by atoms with Gasteiger partial charge in [-0.05, 0) is 6.92 Å². The summed E-state index contributed by atoms with van der Waals surface area (Å²) in [6.45, 7) is 4.68. The predicted molar refractivity (Wildman–Crippen MR) is 57.8 cm³/mol. The normalized spacial score (nSPS) is 10.8. The summed E-state index contributed by atoms with van der Waals surface area (Å²) in [7, 11) is 0. The van der Waals surface area contributed by atoms with E-state index in [1.807, 2.05) is 19.3 Å². The van der Waals surface area contributed by atoms with E-state index in [-0.39, 0.29) is 0 Å². The van der Waals surface area contributed by atoms with Crippen molar-refractivity contribution in [1.29, 1.82) is 0 Å². The monoisotopic (exact) mass is 221 g/mol. The lowest BCUT2D eigenvalue weighted by Gasteiger charge is -2.05. The van der Waals surface area contributed by atoms with Crippen LogP contribution in [0, 0.1) is 6.92 Å². The zero-order valence-corrected chi connectivity index (χ0v) is 9.26. The van der Waals surface area contributed by atoms with Gasteiger partial charge in [-0.1, -0.05) is 5.16 Å². The fraction of sp³-hybridized carbons (Fsp3) is 0.500. The second-order valence-electron chi connectivity index (χ2n) is 3.50. The van der Waals surface area contributed by atoms with Crippen molar-refractivity contribution in [3.05, 3.63) is 30.4 Å². The smallest absolute Gasteiger partial charge is 0.227 e. The molecule has 0 unspecified atom stereocenters. The van der Waals surface area contributed by atoms with Gasteiger partial charge in [-0.3, -0.25) is 0 Å². The van der Waals surface area contributed by atoms with Crippen LogP contribution in [0.5, 0.6) is 0 Å². The molecule has 0 aliphatic rings. The molecule has 6 heteroatoms. The highest BCUT2D eigenvalue weighted by atomic mass is 16.5. The Morgan fingerprint density at radius 1 is 1.38 bits per heavy atom. The Labute approximate surface area is 93.7 Å². The number of aromatic nitrogens is 4. The van der Waals surface area contributed by atoms with Crippen LogP contribution in [0.2, 0.25) is 0 Å². The first kappa shape index (κ1) is 10.8. The maximum absolute atomic E-state index is 4.89. The van der Waals surface area contributed by atoms with Crippen LogP contribution in [0.25, 0.3) is 0 Å². The van der Waals surface area contributed by atoms with Crippen molar-refractivity contribution in [2.45, 2.75) is 19.9 Å². The minimum absolute atomic E-state index is 0.673. The Morgan fingerprint density at radius 3 is 3.00 bits per heavy atom. The van der Waals surface area contributed by atoms with Crippen molar-refractivity contribution < 1.29 is 4.52 Å². The van der Waals surface area contributed by atoms with Crippen LogP contribution in [0.15, 0.2) is 23.2 Å². The van der Waals surface area contributed by atoms with Crippen molar-refractivity contribution in [2.24, 2.45) is 0 Å². The van der Waals surface area contributed by atoms with Crippen LogP contribution < -0.4 is 5.32 Å². The van der Waals surface area contributed by atoms with Gasteiger partial charge in [-0.25, -0.2) is 4.98 Å². The van der Waals surface area contributed by atoms with E-state index >= 15 is 0 Å². The molecule has 0 spiro atoms. The average molecular weight is 221 g/mol. The van der Waals surface area contributed by atoms with E-state index in [1.54, 1.807) is 0 Å². The minimum Gasteiger partial charge on any atom is -0.340 e. The summed E-state index contributed by atoms with van der Waals surface area (Å²) in [6.07, 6.45) is 5.98. The molecule has 6 nitrogen and oxygen atoms in total. The number of aryl methyl sites for hydroxylation is 1. The molecular weight excluding hydrogens is 206 g/mol. The van der Waals surface area contributed by atoms with E-state index in [1.165, 1.54) is 6.33 Å². The lowest BCUT2D eigenvalue weighted by atomic mass is 10.4. The van der Waals surface area contributed by atoms with E-state index in [2.05, 4.69) is 25.0 Å². The quantitative estimate of drug-likeness (QED) is 0.715. The molecule has 2 aromatic rings. The summed E-state index contributed by atoms with van der Waals surface area (Å²) >= 11 is 0. The van der Waals surface area contributed by atoms with E-state index in [0.717, 1.165) is 31.9 Å². The number of imidazole rings is 1. The van der Waals surface area contributed by atoms with Crippen molar-refractivity contribution in [1.82, 2.24) is 25.0 Å². The highest BCUT2D eigenvalue weighted by molar-refractivity contribution is 4.88. The van der Waals surface area contributed by atoms with Crippen molar-refractivity contribution >= 4 is 0 Å². The van der Waals surface area contributed by atoms with Gasteiger partial charge in [-0.15, -0.1) is 0 Å². The van der Waals surface area contributed by atoms with Crippen LogP contribution in [-0.2, 0) is 13.0 Å². The molecule has 1 N–H and O–H groups in total. The fourth-order valence-electron chi connectivity index (χ4n) is 1.47.